The van der Waals surface area contributed by atoms with Crippen LogP contribution in [0.1, 0.15) is 16.7 Å². The molecule has 5 aromatic rings. The third kappa shape index (κ3) is 2.59. The number of rotatable bonds is 2. The van der Waals surface area contributed by atoms with E-state index in [0.717, 1.165) is 38.8 Å². The summed E-state index contributed by atoms with van der Waals surface area (Å²) in [6.45, 7) is 6.38. The summed E-state index contributed by atoms with van der Waals surface area (Å²) in [5, 5.41) is 7.24. The Balaban J connectivity index is 1.89. The molecule has 0 saturated carbocycles. The third-order valence-corrected chi connectivity index (χ3v) is 5.47. The van der Waals surface area contributed by atoms with Crippen molar-refractivity contribution in [3.8, 4) is 16.9 Å². The second-order valence-corrected chi connectivity index (χ2v) is 7.43. The number of fused-ring (bicyclic) bond motifs is 3. The topological polar surface area (TPSA) is 30.7 Å². The van der Waals surface area contributed by atoms with Crippen molar-refractivity contribution in [2.75, 3.05) is 0 Å². The lowest BCUT2D eigenvalue weighted by Crippen LogP contribution is -1.98. The molecule has 0 aliphatic rings. The minimum Gasteiger partial charge on any atom is -0.255 e. The molecule has 3 nitrogen and oxygen atoms in total. The van der Waals surface area contributed by atoms with Crippen LogP contribution in [0.2, 0.25) is 0 Å². The molecule has 0 amide bonds. The van der Waals surface area contributed by atoms with E-state index in [1.807, 2.05) is 12.3 Å². The van der Waals surface area contributed by atoms with E-state index in [1.54, 1.807) is 0 Å². The Morgan fingerprint density at radius 1 is 0.750 bits per heavy atom. The van der Waals surface area contributed by atoms with Crippen LogP contribution in [0.15, 0.2) is 72.9 Å². The number of aromatic nitrogens is 3. The van der Waals surface area contributed by atoms with Crippen molar-refractivity contribution in [1.82, 2.24) is 14.8 Å². The van der Waals surface area contributed by atoms with Crippen LogP contribution in [0.5, 0.6) is 0 Å². The smallest absolute Gasteiger partial charge is 0.102 e. The van der Waals surface area contributed by atoms with E-state index in [1.165, 1.54) is 16.7 Å². The summed E-state index contributed by atoms with van der Waals surface area (Å²) in [7, 11) is 0. The summed E-state index contributed by atoms with van der Waals surface area (Å²) in [5.74, 6) is 0. The summed E-state index contributed by atoms with van der Waals surface area (Å²) in [6, 6.07) is 23.3. The van der Waals surface area contributed by atoms with Gasteiger partial charge in [-0.2, -0.15) is 5.10 Å². The van der Waals surface area contributed by atoms with E-state index in [9.17, 15) is 0 Å². The molecular weight excluding hydrogens is 342 g/mol. The molecule has 0 spiro atoms. The maximum absolute atomic E-state index is 5.06. The van der Waals surface area contributed by atoms with Gasteiger partial charge in [-0.05, 0) is 50.1 Å². The minimum absolute atomic E-state index is 0.964. The average molecular weight is 363 g/mol. The SMILES string of the molecule is Cc1ccc(-c2nn(-c3ccc(C)c(C)c3)c3c2cnc2ccccc23)cc1. The molecule has 0 saturated heterocycles. The molecule has 3 aromatic carbocycles. The maximum atomic E-state index is 5.06. The Morgan fingerprint density at radius 2 is 1.54 bits per heavy atom. The first-order valence-electron chi connectivity index (χ1n) is 9.53. The number of hydrogen-bond donors (Lipinski definition) is 0. The second-order valence-electron chi connectivity index (χ2n) is 7.43. The fourth-order valence-electron chi connectivity index (χ4n) is 3.70. The predicted molar refractivity (Wildman–Crippen MR) is 116 cm³/mol. The van der Waals surface area contributed by atoms with Gasteiger partial charge < -0.3 is 0 Å². The molecule has 3 heteroatoms. The van der Waals surface area contributed by atoms with Gasteiger partial charge in [0, 0.05) is 22.5 Å². The Bertz CT molecular complexity index is 1330. The zero-order valence-corrected chi connectivity index (χ0v) is 16.3. The van der Waals surface area contributed by atoms with Crippen molar-refractivity contribution in [1.29, 1.82) is 0 Å². The Kier molecular flexibility index (Phi) is 3.76. The van der Waals surface area contributed by atoms with Crippen LogP contribution in [0.3, 0.4) is 0 Å². The number of para-hydroxylation sites is 1. The molecule has 2 aromatic heterocycles. The molecule has 0 bridgehead atoms. The predicted octanol–water partition coefficient (Wildman–Crippen LogP) is 6.17. The molecule has 2 heterocycles. The average Bonchev–Trinajstić information content (AvgIpc) is 3.11. The third-order valence-electron chi connectivity index (χ3n) is 5.47. The normalized spacial score (nSPS) is 11.4. The minimum atomic E-state index is 0.964. The highest BCUT2D eigenvalue weighted by Gasteiger charge is 2.17. The first kappa shape index (κ1) is 16.7. The molecular formula is C25H21N3. The van der Waals surface area contributed by atoms with Crippen LogP contribution in [0.25, 0.3) is 38.8 Å². The molecule has 136 valence electrons. The Morgan fingerprint density at radius 3 is 2.32 bits per heavy atom. The highest BCUT2D eigenvalue weighted by Crippen LogP contribution is 2.34. The van der Waals surface area contributed by atoms with Crippen LogP contribution >= 0.6 is 0 Å². The fourth-order valence-corrected chi connectivity index (χ4v) is 3.70. The summed E-state index contributed by atoms with van der Waals surface area (Å²) in [4.78, 5) is 4.70. The van der Waals surface area contributed by atoms with E-state index in [2.05, 4.69) is 86.1 Å². The van der Waals surface area contributed by atoms with Crippen molar-refractivity contribution in [3.63, 3.8) is 0 Å². The second kappa shape index (κ2) is 6.31. The molecule has 0 N–H and O–H groups in total. The monoisotopic (exact) mass is 363 g/mol. The van der Waals surface area contributed by atoms with E-state index >= 15 is 0 Å². The zero-order chi connectivity index (χ0) is 19.3. The lowest BCUT2D eigenvalue weighted by molar-refractivity contribution is 0.915. The largest absolute Gasteiger partial charge is 0.255 e. The highest BCUT2D eigenvalue weighted by atomic mass is 15.3. The van der Waals surface area contributed by atoms with Gasteiger partial charge in [-0.25, -0.2) is 4.68 Å². The Hall–Kier alpha value is -3.46. The van der Waals surface area contributed by atoms with Gasteiger partial charge in [-0.15, -0.1) is 0 Å². The lowest BCUT2D eigenvalue weighted by atomic mass is 10.1. The fraction of sp³-hybridized carbons (Fsp3) is 0.120. The van der Waals surface area contributed by atoms with Crippen molar-refractivity contribution < 1.29 is 0 Å². The van der Waals surface area contributed by atoms with Crippen molar-refractivity contribution >= 4 is 21.8 Å². The number of nitrogens with zero attached hydrogens (tertiary/aromatic N) is 3. The maximum Gasteiger partial charge on any atom is 0.102 e. The van der Waals surface area contributed by atoms with Crippen LogP contribution in [-0.2, 0) is 0 Å². The number of benzene rings is 3. The molecule has 0 fully saturated rings. The number of pyridine rings is 1. The lowest BCUT2D eigenvalue weighted by Gasteiger charge is -2.08. The van der Waals surface area contributed by atoms with Crippen molar-refractivity contribution in [2.24, 2.45) is 0 Å². The van der Waals surface area contributed by atoms with Gasteiger partial charge in [-0.3, -0.25) is 4.98 Å². The van der Waals surface area contributed by atoms with E-state index in [4.69, 9.17) is 10.1 Å². The van der Waals surface area contributed by atoms with Crippen LogP contribution in [-0.4, -0.2) is 14.8 Å². The quantitative estimate of drug-likeness (QED) is 0.376. The summed E-state index contributed by atoms with van der Waals surface area (Å²) >= 11 is 0. The molecule has 0 unspecified atom stereocenters. The molecule has 0 radical (unpaired) electrons. The first-order valence-corrected chi connectivity index (χ1v) is 9.53. The van der Waals surface area contributed by atoms with Crippen LogP contribution in [0.4, 0.5) is 0 Å². The molecule has 28 heavy (non-hydrogen) atoms. The van der Waals surface area contributed by atoms with E-state index in [-0.39, 0.29) is 0 Å². The molecule has 5 rings (SSSR count). The van der Waals surface area contributed by atoms with Gasteiger partial charge in [0.2, 0.25) is 0 Å². The van der Waals surface area contributed by atoms with E-state index in [0.29, 0.717) is 0 Å². The van der Waals surface area contributed by atoms with Gasteiger partial charge in [0.1, 0.15) is 5.69 Å². The number of aryl methyl sites for hydroxylation is 3. The molecule has 0 aliphatic carbocycles. The van der Waals surface area contributed by atoms with Gasteiger partial charge in [0.25, 0.3) is 0 Å². The summed E-state index contributed by atoms with van der Waals surface area (Å²) in [6.07, 6.45) is 1.96. The van der Waals surface area contributed by atoms with E-state index < -0.39 is 0 Å². The molecule has 0 atom stereocenters. The summed E-state index contributed by atoms with van der Waals surface area (Å²) in [5.41, 5.74) is 9.01. The van der Waals surface area contributed by atoms with Crippen LogP contribution < -0.4 is 0 Å². The summed E-state index contributed by atoms with van der Waals surface area (Å²) < 4.78 is 2.07. The zero-order valence-electron chi connectivity index (χ0n) is 16.3. The first-order chi connectivity index (χ1) is 13.6. The van der Waals surface area contributed by atoms with Gasteiger partial charge in [-0.1, -0.05) is 54.1 Å². The Labute approximate surface area is 164 Å². The van der Waals surface area contributed by atoms with Gasteiger partial charge >= 0.3 is 0 Å². The van der Waals surface area contributed by atoms with Crippen molar-refractivity contribution in [2.45, 2.75) is 20.8 Å². The highest BCUT2D eigenvalue weighted by molar-refractivity contribution is 6.08. The molecule has 0 aliphatic heterocycles. The van der Waals surface area contributed by atoms with Gasteiger partial charge in [0.05, 0.1) is 16.7 Å². The standard InChI is InChI=1S/C25H21N3/c1-16-8-11-19(12-9-16)24-22-15-26-23-7-5-4-6-21(23)25(22)28(27-24)20-13-10-17(2)18(3)14-20/h4-15H,1-3H3. The number of hydrogen-bond acceptors (Lipinski definition) is 2. The van der Waals surface area contributed by atoms with Crippen LogP contribution in [0, 0.1) is 20.8 Å². The van der Waals surface area contributed by atoms with Gasteiger partial charge in [0.15, 0.2) is 0 Å². The van der Waals surface area contributed by atoms with Crippen molar-refractivity contribution in [3.05, 3.63) is 89.6 Å².